The molecule has 0 N–H and O–H groups in total. The van der Waals surface area contributed by atoms with Crippen molar-refractivity contribution in [1.29, 1.82) is 0 Å². The summed E-state index contributed by atoms with van der Waals surface area (Å²) < 4.78 is 59.8. The number of hydrogen-bond donors (Lipinski definition) is 0. The smallest absolute Gasteiger partial charge is 0.468 e. The van der Waals surface area contributed by atoms with Gasteiger partial charge in [0.05, 0.1) is 31.4 Å². The molecule has 4 nitrogen and oxygen atoms in total. The molecule has 0 aromatic heterocycles. The van der Waals surface area contributed by atoms with Crippen molar-refractivity contribution >= 4 is 57.8 Å². The largest absolute Gasteiger partial charge is 0.491 e. The van der Waals surface area contributed by atoms with Gasteiger partial charge in [0.25, 0.3) is 0 Å². The van der Waals surface area contributed by atoms with Crippen LogP contribution < -0.4 is 14.2 Å². The molecule has 30 heavy (non-hydrogen) atoms. The Kier molecular flexibility index (Phi) is 8.34. The van der Waals surface area contributed by atoms with E-state index in [4.69, 9.17) is 41.6 Å². The highest BCUT2D eigenvalue weighted by Crippen LogP contribution is 2.54. The van der Waals surface area contributed by atoms with E-state index in [-0.39, 0.29) is 27.3 Å². The Balaban J connectivity index is 2.68. The lowest BCUT2D eigenvalue weighted by Crippen LogP contribution is -2.22. The van der Waals surface area contributed by atoms with Gasteiger partial charge in [-0.15, -0.1) is 0 Å². The molecular weight excluding hydrogens is 579 g/mol. The molecule has 0 saturated carbocycles. The van der Waals surface area contributed by atoms with Gasteiger partial charge in [0.15, 0.2) is 11.5 Å². The van der Waals surface area contributed by atoms with Crippen molar-refractivity contribution in [2.24, 2.45) is 0 Å². The molecule has 0 saturated heterocycles. The molecule has 0 fully saturated rings. The Bertz CT molecular complexity index is 908. The normalized spacial score (nSPS) is 12.1. The molecule has 0 radical (unpaired) electrons. The molecule has 2 rings (SSSR count). The lowest BCUT2D eigenvalue weighted by molar-refractivity contribution is -0.0459. The monoisotopic (exact) mass is 596 g/mol. The van der Waals surface area contributed by atoms with Crippen LogP contribution in [-0.2, 0) is 9.78 Å². The summed E-state index contributed by atoms with van der Waals surface area (Å²) in [6.45, 7) is 3.09. The summed E-state index contributed by atoms with van der Waals surface area (Å²) >= 11 is 14.6. The maximum atomic E-state index is 12.7. The van der Waals surface area contributed by atoms with E-state index in [2.05, 4.69) is 0 Å². The van der Waals surface area contributed by atoms with Gasteiger partial charge < -0.3 is 14.2 Å². The maximum Gasteiger partial charge on any atom is 0.468 e. The van der Waals surface area contributed by atoms with E-state index in [9.17, 15) is 13.2 Å². The van der Waals surface area contributed by atoms with Crippen LogP contribution >= 0.6 is 57.8 Å². The van der Waals surface area contributed by atoms with Gasteiger partial charge in [-0.1, -0.05) is 29.3 Å². The number of halogens is 6. The maximum absolute atomic E-state index is 12.7. The number of methoxy groups -OCH3 is 3. The standard InChI is InChI=1S/C19H18Cl2F3IO4S/c1-18(2,29-30-19(22,23)24)10-8-9(6-7-11(10)25)12-13(20)15(26-3)17(28-5)16(27-4)14(12)21/h6-8H,1-5H3. The predicted molar refractivity (Wildman–Crippen MR) is 122 cm³/mol. The summed E-state index contributed by atoms with van der Waals surface area (Å²) in [6.07, 6.45) is 0. The highest BCUT2D eigenvalue weighted by atomic mass is 127. The fourth-order valence-electron chi connectivity index (χ4n) is 2.77. The Labute approximate surface area is 200 Å². The molecule has 0 spiro atoms. The van der Waals surface area contributed by atoms with Crippen molar-refractivity contribution in [3.63, 3.8) is 0 Å². The predicted octanol–water partition coefficient (Wildman–Crippen LogP) is 7.71. The van der Waals surface area contributed by atoms with Gasteiger partial charge in [0.1, 0.15) is 17.6 Å². The average molecular weight is 597 g/mol. The SMILES string of the molecule is COc1c(Cl)c(-c2ccc(I)c(C(C)(C)OSC(F)(F)F)c2)c(Cl)c(OC)c1OC. The molecule has 0 aliphatic heterocycles. The summed E-state index contributed by atoms with van der Waals surface area (Å²) in [7, 11) is 4.27. The molecule has 2 aromatic carbocycles. The van der Waals surface area contributed by atoms with Gasteiger partial charge in [0.2, 0.25) is 5.75 Å². The summed E-state index contributed by atoms with van der Waals surface area (Å²) in [5.74, 6) is 0.673. The van der Waals surface area contributed by atoms with Gasteiger partial charge >= 0.3 is 5.51 Å². The molecule has 0 unspecified atom stereocenters. The van der Waals surface area contributed by atoms with Gasteiger partial charge in [-0.3, -0.25) is 4.18 Å². The Morgan fingerprint density at radius 1 is 0.900 bits per heavy atom. The van der Waals surface area contributed by atoms with E-state index in [0.717, 1.165) is 0 Å². The van der Waals surface area contributed by atoms with Crippen LogP contribution in [0.4, 0.5) is 13.2 Å². The molecule has 0 aliphatic rings. The zero-order valence-corrected chi connectivity index (χ0v) is 21.0. The van der Waals surface area contributed by atoms with Crippen LogP contribution in [0.2, 0.25) is 10.0 Å². The zero-order valence-electron chi connectivity index (χ0n) is 16.5. The first kappa shape index (κ1) is 25.5. The van der Waals surface area contributed by atoms with E-state index in [1.165, 1.54) is 21.3 Å². The van der Waals surface area contributed by atoms with Crippen LogP contribution in [0, 0.1) is 3.57 Å². The van der Waals surface area contributed by atoms with Crippen molar-refractivity contribution in [2.45, 2.75) is 25.0 Å². The molecule has 11 heteroatoms. The second-order valence-corrected chi connectivity index (χ2v) is 9.13. The number of benzene rings is 2. The zero-order chi connectivity index (χ0) is 22.9. The summed E-state index contributed by atoms with van der Waals surface area (Å²) in [5.41, 5.74) is -4.31. The van der Waals surface area contributed by atoms with Crippen LogP contribution in [0.5, 0.6) is 17.2 Å². The van der Waals surface area contributed by atoms with Gasteiger partial charge in [-0.2, -0.15) is 13.2 Å². The van der Waals surface area contributed by atoms with Crippen molar-refractivity contribution in [3.8, 4) is 28.4 Å². The Morgan fingerprint density at radius 2 is 1.40 bits per heavy atom. The molecule has 0 aliphatic carbocycles. The fourth-order valence-corrected chi connectivity index (χ4v) is 4.93. The Hall–Kier alpha value is -0.750. The quantitative estimate of drug-likeness (QED) is 0.242. The molecule has 0 heterocycles. The van der Waals surface area contributed by atoms with Crippen LogP contribution in [0.3, 0.4) is 0 Å². The van der Waals surface area contributed by atoms with Crippen LogP contribution in [0.15, 0.2) is 18.2 Å². The minimum absolute atomic E-state index is 0.177. The van der Waals surface area contributed by atoms with Crippen molar-refractivity contribution in [2.75, 3.05) is 21.3 Å². The van der Waals surface area contributed by atoms with E-state index in [0.29, 0.717) is 20.3 Å². The van der Waals surface area contributed by atoms with E-state index >= 15 is 0 Å². The third kappa shape index (κ3) is 5.35. The molecular formula is C19H18Cl2F3IO4S. The van der Waals surface area contributed by atoms with Crippen molar-refractivity contribution in [3.05, 3.63) is 37.4 Å². The number of hydrogen-bond acceptors (Lipinski definition) is 5. The van der Waals surface area contributed by atoms with Crippen molar-refractivity contribution < 1.29 is 31.6 Å². The van der Waals surface area contributed by atoms with Gasteiger partial charge in [-0.25, -0.2) is 0 Å². The van der Waals surface area contributed by atoms with Crippen molar-refractivity contribution in [1.82, 2.24) is 0 Å². The fraction of sp³-hybridized carbons (Fsp3) is 0.368. The van der Waals surface area contributed by atoms with Crippen LogP contribution in [0.1, 0.15) is 19.4 Å². The molecule has 0 atom stereocenters. The lowest BCUT2D eigenvalue weighted by Gasteiger charge is -2.27. The third-order valence-corrected chi connectivity index (χ3v) is 6.46. The first-order valence-electron chi connectivity index (χ1n) is 8.28. The average Bonchev–Trinajstić information content (AvgIpc) is 2.66. The van der Waals surface area contributed by atoms with E-state index in [1.54, 1.807) is 32.0 Å². The summed E-state index contributed by atoms with van der Waals surface area (Å²) in [5, 5.41) is 0.353. The van der Waals surface area contributed by atoms with Crippen LogP contribution in [-0.4, -0.2) is 26.8 Å². The minimum Gasteiger partial charge on any atom is -0.491 e. The van der Waals surface area contributed by atoms with E-state index in [1.807, 2.05) is 22.6 Å². The molecule has 166 valence electrons. The first-order chi connectivity index (χ1) is 13.9. The van der Waals surface area contributed by atoms with Crippen LogP contribution in [0.25, 0.3) is 11.1 Å². The second-order valence-electron chi connectivity index (χ2n) is 6.42. The highest BCUT2D eigenvalue weighted by molar-refractivity contribution is 14.1. The Morgan fingerprint density at radius 3 is 1.83 bits per heavy atom. The molecule has 0 bridgehead atoms. The second kappa shape index (κ2) is 9.81. The van der Waals surface area contributed by atoms with Gasteiger partial charge in [0, 0.05) is 9.13 Å². The highest BCUT2D eigenvalue weighted by Gasteiger charge is 2.36. The summed E-state index contributed by atoms with van der Waals surface area (Å²) in [4.78, 5) is 0. The number of rotatable bonds is 7. The number of alkyl halides is 3. The first-order valence-corrected chi connectivity index (χ1v) is 10.9. The van der Waals surface area contributed by atoms with E-state index < -0.39 is 23.2 Å². The topological polar surface area (TPSA) is 36.9 Å². The summed E-state index contributed by atoms with van der Waals surface area (Å²) in [6, 6.07) is 5.16. The molecule has 2 aromatic rings. The molecule has 0 amide bonds. The van der Waals surface area contributed by atoms with Gasteiger partial charge in [-0.05, 0) is 59.7 Å². The minimum atomic E-state index is -4.52. The lowest BCUT2D eigenvalue weighted by atomic mass is 9.94. The third-order valence-electron chi connectivity index (χ3n) is 4.11. The number of ether oxygens (including phenoxy) is 3.